The van der Waals surface area contributed by atoms with Gasteiger partial charge in [-0.1, -0.05) is 24.6 Å². The molecule has 2 rings (SSSR count). The van der Waals surface area contributed by atoms with Gasteiger partial charge in [-0.25, -0.2) is 0 Å². The van der Waals surface area contributed by atoms with Crippen LogP contribution in [0.1, 0.15) is 36.9 Å². The summed E-state index contributed by atoms with van der Waals surface area (Å²) in [5, 5.41) is 13.5. The molecule has 1 aliphatic carbocycles. The Balaban J connectivity index is 2.11. The minimum Gasteiger partial charge on any atom is -0.395 e. The van der Waals surface area contributed by atoms with E-state index in [1.165, 1.54) is 11.1 Å². The summed E-state index contributed by atoms with van der Waals surface area (Å²) in [4.78, 5) is 0. The van der Waals surface area contributed by atoms with Crippen molar-refractivity contribution in [3.05, 3.63) is 34.3 Å². The molecule has 0 saturated carbocycles. The van der Waals surface area contributed by atoms with Crippen LogP contribution in [0.5, 0.6) is 0 Å². The molecule has 0 amide bonds. The van der Waals surface area contributed by atoms with Crippen molar-refractivity contribution in [3.63, 3.8) is 0 Å². The molecular weight excluding hydrogens is 222 g/mol. The average Bonchev–Trinajstić information content (AvgIpc) is 2.68. The lowest BCUT2D eigenvalue weighted by Gasteiger charge is -2.20. The van der Waals surface area contributed by atoms with Gasteiger partial charge in [0.15, 0.2) is 0 Å². The van der Waals surface area contributed by atoms with E-state index in [0.717, 1.165) is 24.3 Å². The van der Waals surface area contributed by atoms with Gasteiger partial charge in [-0.15, -0.1) is 0 Å². The van der Waals surface area contributed by atoms with E-state index < -0.39 is 0 Å². The molecule has 2 nitrogen and oxygen atoms in total. The first kappa shape index (κ1) is 11.9. The summed E-state index contributed by atoms with van der Waals surface area (Å²) >= 11 is 5.97. The lowest BCUT2D eigenvalue weighted by atomic mass is 10.1. The summed E-state index contributed by atoms with van der Waals surface area (Å²) in [5.74, 6) is 0. The number of halogens is 1. The molecule has 0 bridgehead atoms. The van der Waals surface area contributed by atoms with Crippen LogP contribution in [0, 0.1) is 0 Å². The molecule has 88 valence electrons. The Hall–Kier alpha value is -0.570. The smallest absolute Gasteiger partial charge is 0.0584 e. The monoisotopic (exact) mass is 239 g/mol. The second kappa shape index (κ2) is 5.17. The lowest BCUT2D eigenvalue weighted by Crippen LogP contribution is -2.34. The van der Waals surface area contributed by atoms with Crippen LogP contribution in [0.25, 0.3) is 0 Å². The third kappa shape index (κ3) is 2.40. The van der Waals surface area contributed by atoms with Gasteiger partial charge in [-0.2, -0.15) is 0 Å². The van der Waals surface area contributed by atoms with Crippen molar-refractivity contribution in [1.29, 1.82) is 0 Å². The van der Waals surface area contributed by atoms with Gasteiger partial charge in [0.25, 0.3) is 0 Å². The van der Waals surface area contributed by atoms with E-state index in [9.17, 15) is 5.11 Å². The Morgan fingerprint density at radius 1 is 1.56 bits per heavy atom. The molecule has 0 radical (unpaired) electrons. The van der Waals surface area contributed by atoms with E-state index in [2.05, 4.69) is 24.4 Å². The third-order valence-electron chi connectivity index (χ3n) is 3.33. The Labute approximate surface area is 102 Å². The first-order chi connectivity index (χ1) is 7.74. The molecule has 0 saturated heterocycles. The maximum Gasteiger partial charge on any atom is 0.0584 e. The molecule has 2 atom stereocenters. The maximum absolute atomic E-state index is 9.19. The highest BCUT2D eigenvalue weighted by molar-refractivity contribution is 6.30. The largest absolute Gasteiger partial charge is 0.395 e. The fourth-order valence-corrected chi connectivity index (χ4v) is 2.54. The molecule has 0 spiro atoms. The van der Waals surface area contributed by atoms with Gasteiger partial charge >= 0.3 is 0 Å². The van der Waals surface area contributed by atoms with Crippen molar-refractivity contribution >= 4 is 11.6 Å². The van der Waals surface area contributed by atoms with Gasteiger partial charge in [0.2, 0.25) is 0 Å². The number of hydrogen-bond donors (Lipinski definition) is 2. The summed E-state index contributed by atoms with van der Waals surface area (Å²) in [6.45, 7) is 2.29. The number of rotatable bonds is 4. The van der Waals surface area contributed by atoms with Crippen molar-refractivity contribution in [2.24, 2.45) is 0 Å². The number of nitrogens with one attached hydrogen (secondary N) is 1. The third-order valence-corrected chi connectivity index (χ3v) is 3.57. The fraction of sp³-hybridized carbons (Fsp3) is 0.538. The van der Waals surface area contributed by atoms with Gasteiger partial charge < -0.3 is 10.4 Å². The van der Waals surface area contributed by atoms with Crippen LogP contribution in [0.4, 0.5) is 0 Å². The number of aliphatic hydroxyl groups excluding tert-OH is 1. The zero-order chi connectivity index (χ0) is 11.5. The minimum absolute atomic E-state index is 0.201. The van der Waals surface area contributed by atoms with Gasteiger partial charge in [-0.3, -0.25) is 0 Å². The van der Waals surface area contributed by atoms with Gasteiger partial charge in [0.05, 0.1) is 6.61 Å². The highest BCUT2D eigenvalue weighted by Gasteiger charge is 2.23. The molecule has 1 aliphatic rings. The molecular formula is C13H18ClNO. The molecule has 0 aliphatic heterocycles. The van der Waals surface area contributed by atoms with Crippen molar-refractivity contribution in [1.82, 2.24) is 5.32 Å². The first-order valence-corrected chi connectivity index (χ1v) is 6.27. The normalized spacial score (nSPS) is 20.8. The molecule has 2 N–H and O–H groups in total. The SMILES string of the molecule is CC[C@H](CO)NC1CCc2cc(Cl)ccc21. The van der Waals surface area contributed by atoms with Gasteiger partial charge in [0.1, 0.15) is 0 Å². The Kier molecular flexibility index (Phi) is 3.85. The standard InChI is InChI=1S/C13H18ClNO/c1-2-11(8-16)15-13-6-3-9-7-10(14)4-5-12(9)13/h4-5,7,11,13,15-16H,2-3,6,8H2,1H3/t11-,13?/m1/s1. The molecule has 1 aromatic carbocycles. The Bertz CT molecular complexity index is 363. The lowest BCUT2D eigenvalue weighted by molar-refractivity contribution is 0.227. The average molecular weight is 240 g/mol. The zero-order valence-corrected chi connectivity index (χ0v) is 10.3. The van der Waals surface area contributed by atoms with E-state index in [1.807, 2.05) is 6.07 Å². The molecule has 16 heavy (non-hydrogen) atoms. The van der Waals surface area contributed by atoms with E-state index in [4.69, 9.17) is 11.6 Å². The number of aryl methyl sites for hydroxylation is 1. The topological polar surface area (TPSA) is 32.3 Å². The summed E-state index contributed by atoms with van der Waals surface area (Å²) in [5.41, 5.74) is 2.69. The summed E-state index contributed by atoms with van der Waals surface area (Å²) in [6.07, 6.45) is 3.14. The van der Waals surface area contributed by atoms with Gasteiger partial charge in [0, 0.05) is 17.1 Å². The van der Waals surface area contributed by atoms with E-state index in [-0.39, 0.29) is 12.6 Å². The highest BCUT2D eigenvalue weighted by Crippen LogP contribution is 2.33. The minimum atomic E-state index is 0.201. The van der Waals surface area contributed by atoms with E-state index in [0.29, 0.717) is 6.04 Å². The molecule has 3 heteroatoms. The highest BCUT2D eigenvalue weighted by atomic mass is 35.5. The number of fused-ring (bicyclic) bond motifs is 1. The maximum atomic E-state index is 9.19. The van der Waals surface area contributed by atoms with Crippen molar-refractivity contribution < 1.29 is 5.11 Å². The predicted octanol–water partition coefficient (Wildman–Crippen LogP) is 2.69. The van der Waals surface area contributed by atoms with Crippen LogP contribution in [0.3, 0.4) is 0 Å². The molecule has 1 unspecified atom stereocenters. The first-order valence-electron chi connectivity index (χ1n) is 5.89. The molecule has 0 heterocycles. The molecule has 1 aromatic rings. The fourth-order valence-electron chi connectivity index (χ4n) is 2.34. The zero-order valence-electron chi connectivity index (χ0n) is 9.54. The Morgan fingerprint density at radius 2 is 2.38 bits per heavy atom. The summed E-state index contributed by atoms with van der Waals surface area (Å²) < 4.78 is 0. The number of aliphatic hydroxyl groups is 1. The van der Waals surface area contributed by atoms with Crippen molar-refractivity contribution in [3.8, 4) is 0 Å². The van der Waals surface area contributed by atoms with Crippen molar-refractivity contribution in [2.75, 3.05) is 6.61 Å². The van der Waals surface area contributed by atoms with Crippen LogP contribution >= 0.6 is 11.6 Å². The number of benzene rings is 1. The van der Waals surface area contributed by atoms with Crippen LogP contribution in [0.2, 0.25) is 5.02 Å². The second-order valence-corrected chi connectivity index (χ2v) is 4.83. The Morgan fingerprint density at radius 3 is 3.06 bits per heavy atom. The quantitative estimate of drug-likeness (QED) is 0.847. The van der Waals surface area contributed by atoms with Crippen LogP contribution in [0.15, 0.2) is 18.2 Å². The molecule has 0 fully saturated rings. The van der Waals surface area contributed by atoms with Gasteiger partial charge in [-0.05, 0) is 42.5 Å². The van der Waals surface area contributed by atoms with E-state index in [1.54, 1.807) is 0 Å². The van der Waals surface area contributed by atoms with Crippen LogP contribution in [-0.2, 0) is 6.42 Å². The van der Waals surface area contributed by atoms with Crippen LogP contribution in [-0.4, -0.2) is 17.8 Å². The van der Waals surface area contributed by atoms with Crippen LogP contribution < -0.4 is 5.32 Å². The van der Waals surface area contributed by atoms with Crippen molar-refractivity contribution in [2.45, 2.75) is 38.3 Å². The second-order valence-electron chi connectivity index (χ2n) is 4.39. The molecule has 0 aromatic heterocycles. The predicted molar refractivity (Wildman–Crippen MR) is 66.8 cm³/mol. The van der Waals surface area contributed by atoms with E-state index >= 15 is 0 Å². The summed E-state index contributed by atoms with van der Waals surface area (Å²) in [7, 11) is 0. The summed E-state index contributed by atoms with van der Waals surface area (Å²) in [6, 6.07) is 6.68. The number of hydrogen-bond acceptors (Lipinski definition) is 2.